The normalized spacial score (nSPS) is 11.1. The SMILES string of the molecule is Nc1ccc(C(=O)O)c(NS(=O)(=O)c2ccccc2Br)c1. The van der Waals surface area contributed by atoms with Gasteiger partial charge in [-0.15, -0.1) is 0 Å². The first-order valence-electron chi connectivity index (χ1n) is 5.71. The smallest absolute Gasteiger partial charge is 0.337 e. The van der Waals surface area contributed by atoms with Crippen molar-refractivity contribution in [2.24, 2.45) is 0 Å². The second-order valence-electron chi connectivity index (χ2n) is 4.15. The zero-order valence-electron chi connectivity index (χ0n) is 10.6. The predicted molar refractivity (Wildman–Crippen MR) is 82.8 cm³/mol. The first-order chi connectivity index (χ1) is 9.81. The summed E-state index contributed by atoms with van der Waals surface area (Å²) in [4.78, 5) is 11.1. The molecule has 8 heteroatoms. The maximum atomic E-state index is 12.3. The molecular formula is C13H11BrN2O4S. The summed E-state index contributed by atoms with van der Waals surface area (Å²) in [5.74, 6) is -1.25. The van der Waals surface area contributed by atoms with Crippen LogP contribution in [0.5, 0.6) is 0 Å². The summed E-state index contributed by atoms with van der Waals surface area (Å²) < 4.78 is 27.3. The molecule has 0 atom stereocenters. The molecule has 0 spiro atoms. The Morgan fingerprint density at radius 1 is 1.19 bits per heavy atom. The summed E-state index contributed by atoms with van der Waals surface area (Å²) in [6.07, 6.45) is 0. The van der Waals surface area contributed by atoms with Crippen LogP contribution in [0.2, 0.25) is 0 Å². The Morgan fingerprint density at radius 3 is 2.48 bits per heavy atom. The van der Waals surface area contributed by atoms with Gasteiger partial charge in [-0.05, 0) is 46.3 Å². The van der Waals surface area contributed by atoms with Crippen molar-refractivity contribution in [3.05, 3.63) is 52.5 Å². The summed E-state index contributed by atoms with van der Waals surface area (Å²) in [5.41, 5.74) is 5.57. The zero-order chi connectivity index (χ0) is 15.6. The molecule has 21 heavy (non-hydrogen) atoms. The Balaban J connectivity index is 2.49. The van der Waals surface area contributed by atoms with Crippen LogP contribution in [0, 0.1) is 0 Å². The summed E-state index contributed by atoms with van der Waals surface area (Å²) in [6, 6.07) is 10.1. The molecule has 0 saturated carbocycles. The average Bonchev–Trinajstić information content (AvgIpc) is 2.38. The second-order valence-corrected chi connectivity index (χ2v) is 6.65. The zero-order valence-corrected chi connectivity index (χ0v) is 13.0. The number of hydrogen-bond acceptors (Lipinski definition) is 4. The number of halogens is 1. The van der Waals surface area contributed by atoms with E-state index in [4.69, 9.17) is 10.8 Å². The highest BCUT2D eigenvalue weighted by molar-refractivity contribution is 9.10. The van der Waals surface area contributed by atoms with Crippen molar-refractivity contribution < 1.29 is 18.3 Å². The van der Waals surface area contributed by atoms with Crippen LogP contribution in [-0.2, 0) is 10.0 Å². The molecule has 2 aromatic rings. The van der Waals surface area contributed by atoms with Gasteiger partial charge >= 0.3 is 5.97 Å². The van der Waals surface area contributed by atoms with Crippen molar-refractivity contribution in [1.29, 1.82) is 0 Å². The topological polar surface area (TPSA) is 109 Å². The Kier molecular flexibility index (Phi) is 4.19. The van der Waals surface area contributed by atoms with Gasteiger partial charge in [0.2, 0.25) is 0 Å². The monoisotopic (exact) mass is 370 g/mol. The lowest BCUT2D eigenvalue weighted by Gasteiger charge is -2.12. The molecule has 0 radical (unpaired) electrons. The molecule has 0 aliphatic carbocycles. The number of benzene rings is 2. The number of anilines is 2. The van der Waals surface area contributed by atoms with E-state index < -0.39 is 16.0 Å². The molecule has 6 nitrogen and oxygen atoms in total. The molecule has 0 aliphatic rings. The minimum atomic E-state index is -3.93. The summed E-state index contributed by atoms with van der Waals surface area (Å²) in [7, 11) is -3.93. The number of aromatic carboxylic acids is 1. The molecule has 0 unspecified atom stereocenters. The Hall–Kier alpha value is -2.06. The minimum absolute atomic E-state index is 0.00348. The lowest BCUT2D eigenvalue weighted by atomic mass is 10.1. The summed E-state index contributed by atoms with van der Waals surface area (Å²) in [6.45, 7) is 0. The largest absolute Gasteiger partial charge is 0.478 e. The number of carbonyl (C=O) groups is 1. The molecule has 4 N–H and O–H groups in total. The fourth-order valence-corrected chi connectivity index (χ4v) is 3.77. The number of hydrogen-bond donors (Lipinski definition) is 3. The van der Waals surface area contributed by atoms with Crippen molar-refractivity contribution in [2.45, 2.75) is 4.90 Å². The first-order valence-corrected chi connectivity index (χ1v) is 7.99. The fraction of sp³-hybridized carbons (Fsp3) is 0. The van der Waals surface area contributed by atoms with Crippen LogP contribution in [0.25, 0.3) is 0 Å². The van der Waals surface area contributed by atoms with E-state index in [2.05, 4.69) is 20.7 Å². The third-order valence-electron chi connectivity index (χ3n) is 2.64. The second kappa shape index (κ2) is 5.74. The van der Waals surface area contributed by atoms with Crippen molar-refractivity contribution in [3.8, 4) is 0 Å². The Labute approximate surface area is 129 Å². The van der Waals surface area contributed by atoms with E-state index >= 15 is 0 Å². The van der Waals surface area contributed by atoms with E-state index in [9.17, 15) is 13.2 Å². The van der Waals surface area contributed by atoms with Crippen LogP contribution >= 0.6 is 15.9 Å². The van der Waals surface area contributed by atoms with Gasteiger partial charge < -0.3 is 10.8 Å². The maximum absolute atomic E-state index is 12.3. The fourth-order valence-electron chi connectivity index (χ4n) is 1.70. The number of nitrogen functional groups attached to an aromatic ring is 1. The molecular weight excluding hydrogens is 360 g/mol. The van der Waals surface area contributed by atoms with E-state index in [1.807, 2.05) is 0 Å². The molecule has 0 aliphatic heterocycles. The van der Waals surface area contributed by atoms with Crippen LogP contribution in [0.1, 0.15) is 10.4 Å². The molecule has 0 heterocycles. The van der Waals surface area contributed by atoms with Gasteiger partial charge in [0, 0.05) is 10.2 Å². The molecule has 2 rings (SSSR count). The quantitative estimate of drug-likeness (QED) is 0.716. The van der Waals surface area contributed by atoms with Gasteiger partial charge in [0.25, 0.3) is 10.0 Å². The molecule has 0 fully saturated rings. The number of carboxylic acids is 1. The first kappa shape index (κ1) is 15.3. The summed E-state index contributed by atoms with van der Waals surface area (Å²) in [5, 5.41) is 9.09. The molecule has 0 saturated heterocycles. The highest BCUT2D eigenvalue weighted by Gasteiger charge is 2.20. The van der Waals surface area contributed by atoms with Gasteiger partial charge in [-0.3, -0.25) is 4.72 Å². The molecule has 0 aromatic heterocycles. The number of nitrogens with two attached hydrogens (primary N) is 1. The van der Waals surface area contributed by atoms with Crippen LogP contribution < -0.4 is 10.5 Å². The highest BCUT2D eigenvalue weighted by atomic mass is 79.9. The highest BCUT2D eigenvalue weighted by Crippen LogP contribution is 2.26. The van der Waals surface area contributed by atoms with Crippen LogP contribution in [-0.4, -0.2) is 19.5 Å². The molecule has 110 valence electrons. The Bertz CT molecular complexity index is 806. The van der Waals surface area contributed by atoms with Gasteiger partial charge in [0.15, 0.2) is 0 Å². The van der Waals surface area contributed by atoms with E-state index in [0.29, 0.717) is 4.47 Å². The van der Waals surface area contributed by atoms with Crippen LogP contribution in [0.4, 0.5) is 11.4 Å². The number of rotatable bonds is 4. The third kappa shape index (κ3) is 3.34. The number of nitrogens with one attached hydrogen (secondary N) is 1. The van der Waals surface area contributed by atoms with E-state index in [-0.39, 0.29) is 21.8 Å². The van der Waals surface area contributed by atoms with E-state index in [0.717, 1.165) is 0 Å². The van der Waals surface area contributed by atoms with Crippen molar-refractivity contribution in [1.82, 2.24) is 0 Å². The van der Waals surface area contributed by atoms with Crippen molar-refractivity contribution in [3.63, 3.8) is 0 Å². The van der Waals surface area contributed by atoms with Crippen molar-refractivity contribution >= 4 is 43.3 Å². The van der Waals surface area contributed by atoms with Crippen molar-refractivity contribution in [2.75, 3.05) is 10.5 Å². The van der Waals surface area contributed by atoms with Crippen LogP contribution in [0.3, 0.4) is 0 Å². The number of sulfonamides is 1. The predicted octanol–water partition coefficient (Wildman–Crippen LogP) is 2.53. The van der Waals surface area contributed by atoms with E-state index in [1.54, 1.807) is 18.2 Å². The van der Waals surface area contributed by atoms with Crippen LogP contribution in [0.15, 0.2) is 51.8 Å². The minimum Gasteiger partial charge on any atom is -0.478 e. The van der Waals surface area contributed by atoms with Gasteiger partial charge in [-0.2, -0.15) is 0 Å². The van der Waals surface area contributed by atoms with Gasteiger partial charge in [-0.25, -0.2) is 13.2 Å². The third-order valence-corrected chi connectivity index (χ3v) is 5.02. The Morgan fingerprint density at radius 2 is 1.86 bits per heavy atom. The number of carboxylic acid groups (broad SMARTS) is 1. The van der Waals surface area contributed by atoms with Gasteiger partial charge in [-0.1, -0.05) is 12.1 Å². The molecule has 2 aromatic carbocycles. The maximum Gasteiger partial charge on any atom is 0.337 e. The molecule has 0 bridgehead atoms. The van der Waals surface area contributed by atoms with Gasteiger partial charge in [0.05, 0.1) is 11.3 Å². The summed E-state index contributed by atoms with van der Waals surface area (Å²) >= 11 is 3.15. The molecule has 0 amide bonds. The van der Waals surface area contributed by atoms with E-state index in [1.165, 1.54) is 24.3 Å². The lowest BCUT2D eigenvalue weighted by Crippen LogP contribution is -2.16. The van der Waals surface area contributed by atoms with Gasteiger partial charge in [0.1, 0.15) is 4.90 Å². The lowest BCUT2D eigenvalue weighted by molar-refractivity contribution is 0.0698. The standard InChI is InChI=1S/C13H11BrN2O4S/c14-10-3-1-2-4-12(10)21(19,20)16-11-7-8(15)5-6-9(11)13(17)18/h1-7,16H,15H2,(H,17,18). The average molecular weight is 371 g/mol.